The Labute approximate surface area is 64.7 Å². The van der Waals surface area contributed by atoms with Crippen LogP contribution in [0, 0.1) is 0 Å². The van der Waals surface area contributed by atoms with Crippen molar-refractivity contribution in [3.63, 3.8) is 0 Å². The number of nitrogens with zero attached hydrogens (tertiary/aromatic N) is 1. The summed E-state index contributed by atoms with van der Waals surface area (Å²) >= 11 is 1.23. The summed E-state index contributed by atoms with van der Waals surface area (Å²) in [6.45, 7) is 0. The Balaban J connectivity index is 4.19. The molecule has 0 aliphatic rings. The van der Waals surface area contributed by atoms with Crippen LogP contribution in [0.2, 0.25) is 0 Å². The van der Waals surface area contributed by atoms with Crippen LogP contribution in [0.4, 0.5) is 0 Å². The fourth-order valence-electron chi connectivity index (χ4n) is 0.430. The maximum atomic E-state index is 10.4. The maximum Gasteiger partial charge on any atom is 0.343 e. The second kappa shape index (κ2) is 4.22. The molecule has 0 rings (SSSR count). The largest absolute Gasteiger partial charge is 0.477 e. The minimum Gasteiger partial charge on any atom is -0.477 e. The Bertz CT molecular complexity index is 154. The molecule has 0 heterocycles. The minimum atomic E-state index is -0.874. The summed E-state index contributed by atoms with van der Waals surface area (Å²) in [7, 11) is 3.58. The van der Waals surface area contributed by atoms with Crippen LogP contribution in [0.15, 0.2) is 11.1 Å². The van der Waals surface area contributed by atoms with E-state index in [0.29, 0.717) is 4.91 Å². The topological polar surface area (TPSA) is 40.5 Å². The highest BCUT2D eigenvalue weighted by Gasteiger charge is 2.03. The quantitative estimate of drug-likeness (QED) is 0.623. The van der Waals surface area contributed by atoms with Crippen molar-refractivity contribution in [2.24, 2.45) is 0 Å². The molecule has 58 valence electrons. The van der Waals surface area contributed by atoms with Crippen molar-refractivity contribution in [3.8, 4) is 0 Å². The Morgan fingerprint density at radius 2 is 2.10 bits per heavy atom. The normalized spacial score (nSPS) is 11.3. The molecule has 10 heavy (non-hydrogen) atoms. The van der Waals surface area contributed by atoms with Gasteiger partial charge in [-0.1, -0.05) is 0 Å². The lowest BCUT2D eigenvalue weighted by molar-refractivity contribution is -0.131. The summed E-state index contributed by atoms with van der Waals surface area (Å²) in [5.41, 5.74) is 0. The van der Waals surface area contributed by atoms with Crippen LogP contribution in [-0.2, 0) is 4.79 Å². The van der Waals surface area contributed by atoms with Crippen LogP contribution < -0.4 is 0 Å². The van der Waals surface area contributed by atoms with Gasteiger partial charge in [-0.05, 0) is 6.26 Å². The molecule has 0 aliphatic carbocycles. The van der Waals surface area contributed by atoms with Gasteiger partial charge in [0.2, 0.25) is 0 Å². The third-order valence-corrected chi connectivity index (χ3v) is 1.53. The zero-order valence-electron chi connectivity index (χ0n) is 6.29. The predicted octanol–water partition coefficient (Wildman–Crippen LogP) is 0.837. The average Bonchev–Trinajstić information content (AvgIpc) is 1.81. The van der Waals surface area contributed by atoms with Crippen LogP contribution in [0.3, 0.4) is 0 Å². The summed E-state index contributed by atoms with van der Waals surface area (Å²) < 4.78 is 0. The monoisotopic (exact) mass is 161 g/mol. The molecule has 4 heteroatoms. The molecule has 0 aromatic rings. The summed E-state index contributed by atoms with van der Waals surface area (Å²) in [6.07, 6.45) is 3.32. The van der Waals surface area contributed by atoms with Crippen molar-refractivity contribution < 1.29 is 9.90 Å². The summed E-state index contributed by atoms with van der Waals surface area (Å²) in [5.74, 6) is -0.874. The molecule has 3 nitrogen and oxygen atoms in total. The zero-order valence-corrected chi connectivity index (χ0v) is 7.10. The number of aliphatic carboxylic acids is 1. The van der Waals surface area contributed by atoms with E-state index in [2.05, 4.69) is 0 Å². The fraction of sp³-hybridized carbons (Fsp3) is 0.500. The predicted molar refractivity (Wildman–Crippen MR) is 42.9 cm³/mol. The van der Waals surface area contributed by atoms with E-state index in [0.717, 1.165) is 0 Å². The second-order valence-electron chi connectivity index (χ2n) is 1.97. The fourth-order valence-corrected chi connectivity index (χ4v) is 0.921. The number of carboxylic acid groups (broad SMARTS) is 1. The zero-order chi connectivity index (χ0) is 8.15. The van der Waals surface area contributed by atoms with Gasteiger partial charge < -0.3 is 10.0 Å². The van der Waals surface area contributed by atoms with Gasteiger partial charge >= 0.3 is 5.97 Å². The first-order chi connectivity index (χ1) is 4.57. The smallest absolute Gasteiger partial charge is 0.343 e. The molecule has 0 radical (unpaired) electrons. The van der Waals surface area contributed by atoms with E-state index >= 15 is 0 Å². The lowest BCUT2D eigenvalue weighted by Gasteiger charge is -2.05. The van der Waals surface area contributed by atoms with Gasteiger partial charge in [0.15, 0.2) is 0 Å². The van der Waals surface area contributed by atoms with E-state index in [1.54, 1.807) is 31.5 Å². The van der Waals surface area contributed by atoms with E-state index in [1.165, 1.54) is 11.8 Å². The van der Waals surface area contributed by atoms with Crippen molar-refractivity contribution in [3.05, 3.63) is 11.1 Å². The first kappa shape index (κ1) is 9.36. The Hall–Kier alpha value is -0.640. The second-order valence-corrected chi connectivity index (χ2v) is 2.81. The van der Waals surface area contributed by atoms with E-state index in [4.69, 9.17) is 5.11 Å². The van der Waals surface area contributed by atoms with Gasteiger partial charge in [-0.25, -0.2) is 4.79 Å². The van der Waals surface area contributed by atoms with Gasteiger partial charge in [0.1, 0.15) is 4.91 Å². The van der Waals surface area contributed by atoms with Crippen LogP contribution in [0.25, 0.3) is 0 Å². The van der Waals surface area contributed by atoms with Crippen LogP contribution >= 0.6 is 11.8 Å². The standard InChI is InChI=1S/C6H11NO2S/c1-7(2)4-5(10-3)6(8)9/h4H,1-3H3,(H,8,9)/b5-4-. The van der Waals surface area contributed by atoms with Crippen molar-refractivity contribution in [1.29, 1.82) is 0 Å². The lowest BCUT2D eigenvalue weighted by atomic mass is 10.6. The van der Waals surface area contributed by atoms with Gasteiger partial charge in [0.05, 0.1) is 0 Å². The molecule has 0 fully saturated rings. The summed E-state index contributed by atoms with van der Waals surface area (Å²) in [6, 6.07) is 0. The minimum absolute atomic E-state index is 0.352. The molecule has 0 aliphatic heterocycles. The molecule has 0 saturated heterocycles. The van der Waals surface area contributed by atoms with Crippen molar-refractivity contribution >= 4 is 17.7 Å². The van der Waals surface area contributed by atoms with E-state index in [-0.39, 0.29) is 0 Å². The van der Waals surface area contributed by atoms with Crippen LogP contribution in [0.1, 0.15) is 0 Å². The van der Waals surface area contributed by atoms with E-state index in [9.17, 15) is 4.79 Å². The molecular formula is C6H11NO2S. The molecular weight excluding hydrogens is 150 g/mol. The molecule has 0 amide bonds. The number of thioether (sulfide) groups is 1. The molecule has 0 aromatic carbocycles. The van der Waals surface area contributed by atoms with Gasteiger partial charge in [-0.3, -0.25) is 0 Å². The molecule has 1 N–H and O–H groups in total. The van der Waals surface area contributed by atoms with Crippen molar-refractivity contribution in [2.45, 2.75) is 0 Å². The Kier molecular flexibility index (Phi) is 3.95. The third kappa shape index (κ3) is 3.40. The molecule has 0 atom stereocenters. The highest BCUT2D eigenvalue weighted by molar-refractivity contribution is 8.03. The lowest BCUT2D eigenvalue weighted by Crippen LogP contribution is -2.06. The highest BCUT2D eigenvalue weighted by Crippen LogP contribution is 2.10. The third-order valence-electron chi connectivity index (χ3n) is 0.806. The van der Waals surface area contributed by atoms with Crippen LogP contribution in [-0.4, -0.2) is 36.3 Å². The number of carboxylic acids is 1. The number of carbonyl (C=O) groups is 1. The van der Waals surface area contributed by atoms with Gasteiger partial charge in [-0.2, -0.15) is 0 Å². The highest BCUT2D eigenvalue weighted by atomic mass is 32.2. The van der Waals surface area contributed by atoms with Crippen molar-refractivity contribution in [2.75, 3.05) is 20.4 Å². The number of rotatable bonds is 3. The van der Waals surface area contributed by atoms with Crippen molar-refractivity contribution in [1.82, 2.24) is 4.90 Å². The average molecular weight is 161 g/mol. The first-order valence-corrected chi connectivity index (χ1v) is 3.96. The number of hydrogen-bond acceptors (Lipinski definition) is 3. The summed E-state index contributed by atoms with van der Waals surface area (Å²) in [4.78, 5) is 12.4. The van der Waals surface area contributed by atoms with E-state index < -0.39 is 5.97 Å². The van der Waals surface area contributed by atoms with Crippen LogP contribution in [0.5, 0.6) is 0 Å². The SMILES string of the molecule is CS/C(=C\N(C)C)C(=O)O. The Morgan fingerprint density at radius 3 is 2.20 bits per heavy atom. The first-order valence-electron chi connectivity index (χ1n) is 2.73. The van der Waals surface area contributed by atoms with Gasteiger partial charge in [0, 0.05) is 20.3 Å². The van der Waals surface area contributed by atoms with Gasteiger partial charge in [0.25, 0.3) is 0 Å². The maximum absolute atomic E-state index is 10.4. The summed E-state index contributed by atoms with van der Waals surface area (Å²) in [5, 5.41) is 8.51. The molecule has 0 spiro atoms. The molecule has 0 bridgehead atoms. The van der Waals surface area contributed by atoms with E-state index in [1.807, 2.05) is 0 Å². The number of hydrogen-bond donors (Lipinski definition) is 1. The molecule has 0 unspecified atom stereocenters. The molecule has 0 saturated carbocycles. The Morgan fingerprint density at radius 1 is 1.60 bits per heavy atom. The van der Waals surface area contributed by atoms with Gasteiger partial charge in [-0.15, -0.1) is 11.8 Å². The molecule has 0 aromatic heterocycles.